The summed E-state index contributed by atoms with van der Waals surface area (Å²) in [4.78, 5) is 8.50. The molecule has 1 N–H and O–H groups in total. The fourth-order valence-electron chi connectivity index (χ4n) is 2.30. The van der Waals surface area contributed by atoms with Gasteiger partial charge in [-0.3, -0.25) is 4.68 Å². The van der Waals surface area contributed by atoms with Crippen molar-refractivity contribution in [3.63, 3.8) is 0 Å². The highest BCUT2D eigenvalue weighted by molar-refractivity contribution is 7.90. The largest absolute Gasteiger partial charge is 0.497 e. The van der Waals surface area contributed by atoms with Crippen LogP contribution in [-0.2, 0) is 16.4 Å². The Hall–Kier alpha value is -2.94. The van der Waals surface area contributed by atoms with Crippen LogP contribution in [0.5, 0.6) is 5.75 Å². The van der Waals surface area contributed by atoms with E-state index in [1.54, 1.807) is 24.2 Å². The van der Waals surface area contributed by atoms with Crippen LogP contribution in [-0.4, -0.2) is 47.3 Å². The monoisotopic (exact) mass is 373 g/mol. The highest BCUT2D eigenvalue weighted by Gasteiger charge is 2.06. The molecule has 0 atom stereocenters. The number of benzene rings is 1. The summed E-state index contributed by atoms with van der Waals surface area (Å²) in [6.07, 6.45) is 6.05. The van der Waals surface area contributed by atoms with Crippen molar-refractivity contribution in [1.29, 1.82) is 0 Å². The third kappa shape index (κ3) is 4.79. The maximum Gasteiger partial charge on any atom is 0.149 e. The molecule has 0 saturated carbocycles. The normalized spacial score (nSPS) is 11.3. The van der Waals surface area contributed by atoms with Gasteiger partial charge in [-0.15, -0.1) is 0 Å². The molecule has 3 aromatic rings. The summed E-state index contributed by atoms with van der Waals surface area (Å²) in [6, 6.07) is 9.42. The summed E-state index contributed by atoms with van der Waals surface area (Å²) in [6.45, 7) is 0.307. The van der Waals surface area contributed by atoms with Gasteiger partial charge in [-0.05, 0) is 24.3 Å². The number of hydrogen-bond donors (Lipinski definition) is 1. The van der Waals surface area contributed by atoms with Crippen molar-refractivity contribution in [3.05, 3.63) is 49.1 Å². The molecule has 8 nitrogen and oxygen atoms in total. The molecule has 0 fully saturated rings. The maximum atomic E-state index is 11.2. The van der Waals surface area contributed by atoms with Crippen LogP contribution >= 0.6 is 0 Å². The van der Waals surface area contributed by atoms with E-state index >= 15 is 0 Å². The predicted molar refractivity (Wildman–Crippen MR) is 99.2 cm³/mol. The van der Waals surface area contributed by atoms with E-state index in [4.69, 9.17) is 4.74 Å². The molecular formula is C17H19N5O3S. The molecule has 0 spiro atoms. The fraction of sp³-hybridized carbons (Fsp3) is 0.235. The third-order valence-corrected chi connectivity index (χ3v) is 4.57. The van der Waals surface area contributed by atoms with Gasteiger partial charge in [0, 0.05) is 24.1 Å². The Balaban J connectivity index is 1.71. The van der Waals surface area contributed by atoms with E-state index < -0.39 is 9.84 Å². The number of aryl methyl sites for hydroxylation is 1. The second-order valence-corrected chi connectivity index (χ2v) is 8.02. The summed E-state index contributed by atoms with van der Waals surface area (Å²) in [7, 11) is -1.40. The molecular weight excluding hydrogens is 354 g/mol. The van der Waals surface area contributed by atoms with E-state index in [1.807, 2.05) is 30.3 Å². The molecule has 1 aromatic carbocycles. The molecule has 2 aromatic heterocycles. The van der Waals surface area contributed by atoms with E-state index in [-0.39, 0.29) is 5.75 Å². The molecule has 0 bridgehead atoms. The molecule has 0 radical (unpaired) electrons. The highest BCUT2D eigenvalue weighted by atomic mass is 32.2. The summed E-state index contributed by atoms with van der Waals surface area (Å²) < 4.78 is 29.2. The van der Waals surface area contributed by atoms with Gasteiger partial charge >= 0.3 is 0 Å². The lowest BCUT2D eigenvalue weighted by Gasteiger charge is -2.06. The van der Waals surface area contributed by atoms with Crippen LogP contribution in [0, 0.1) is 0 Å². The second-order valence-electron chi connectivity index (χ2n) is 5.76. The fourth-order valence-corrected chi connectivity index (χ4v) is 2.82. The van der Waals surface area contributed by atoms with Crippen LogP contribution in [0.15, 0.2) is 49.1 Å². The summed E-state index contributed by atoms with van der Waals surface area (Å²) in [5.74, 6) is 1.44. The first-order chi connectivity index (χ1) is 12.4. The van der Waals surface area contributed by atoms with Crippen LogP contribution < -0.4 is 10.1 Å². The number of rotatable bonds is 7. The number of nitrogens with one attached hydrogen (secondary N) is 1. The molecule has 0 saturated heterocycles. The minimum Gasteiger partial charge on any atom is -0.497 e. The highest BCUT2D eigenvalue weighted by Crippen LogP contribution is 2.23. The second kappa shape index (κ2) is 7.52. The van der Waals surface area contributed by atoms with Crippen LogP contribution in [0.4, 0.5) is 11.5 Å². The Labute approximate surface area is 151 Å². The minimum atomic E-state index is -3.02. The van der Waals surface area contributed by atoms with Gasteiger partial charge in [-0.2, -0.15) is 5.10 Å². The van der Waals surface area contributed by atoms with Crippen molar-refractivity contribution >= 4 is 21.3 Å². The van der Waals surface area contributed by atoms with Crippen molar-refractivity contribution in [2.45, 2.75) is 6.54 Å². The van der Waals surface area contributed by atoms with Gasteiger partial charge in [0.15, 0.2) is 0 Å². The molecule has 0 unspecified atom stereocenters. The molecule has 0 aliphatic carbocycles. The standard InChI is InChI=1S/C17H19N5O3S/c1-25-15-5-3-13(4-6-15)16-9-17(19-12-18-16)21-14-10-20-22(11-14)7-8-26(2,23)24/h3-6,9-12H,7-8H2,1-2H3,(H,18,19,21). The van der Waals surface area contributed by atoms with Crippen molar-refractivity contribution in [2.24, 2.45) is 0 Å². The minimum absolute atomic E-state index is 0.0449. The summed E-state index contributed by atoms with van der Waals surface area (Å²) in [5, 5.41) is 7.29. The van der Waals surface area contributed by atoms with E-state index in [0.717, 1.165) is 22.7 Å². The third-order valence-electron chi connectivity index (χ3n) is 3.65. The topological polar surface area (TPSA) is 99.0 Å². The Kier molecular flexibility index (Phi) is 5.17. The van der Waals surface area contributed by atoms with Gasteiger partial charge in [-0.1, -0.05) is 0 Å². The zero-order valence-electron chi connectivity index (χ0n) is 14.5. The lowest BCUT2D eigenvalue weighted by molar-refractivity contribution is 0.415. The average molecular weight is 373 g/mol. The van der Waals surface area contributed by atoms with Crippen LogP contribution in [0.1, 0.15) is 0 Å². The van der Waals surface area contributed by atoms with Gasteiger partial charge in [0.05, 0.1) is 37.0 Å². The molecule has 0 aliphatic rings. The lowest BCUT2D eigenvalue weighted by atomic mass is 10.1. The first-order valence-electron chi connectivity index (χ1n) is 7.86. The van der Waals surface area contributed by atoms with Crippen LogP contribution in [0.25, 0.3) is 11.3 Å². The van der Waals surface area contributed by atoms with Gasteiger partial charge < -0.3 is 10.1 Å². The Morgan fingerprint density at radius 3 is 2.65 bits per heavy atom. The number of anilines is 2. The van der Waals surface area contributed by atoms with Gasteiger partial charge in [-0.25, -0.2) is 18.4 Å². The first-order valence-corrected chi connectivity index (χ1v) is 9.93. The van der Waals surface area contributed by atoms with Gasteiger partial charge in [0.1, 0.15) is 27.7 Å². The molecule has 26 heavy (non-hydrogen) atoms. The maximum absolute atomic E-state index is 11.2. The van der Waals surface area contributed by atoms with Crippen molar-refractivity contribution in [2.75, 3.05) is 24.4 Å². The molecule has 0 amide bonds. The number of hydrogen-bond acceptors (Lipinski definition) is 7. The number of aromatic nitrogens is 4. The number of nitrogens with zero attached hydrogens (tertiary/aromatic N) is 4. The zero-order valence-corrected chi connectivity index (χ0v) is 15.3. The Morgan fingerprint density at radius 2 is 1.96 bits per heavy atom. The number of methoxy groups -OCH3 is 1. The first kappa shape index (κ1) is 17.9. The van der Waals surface area contributed by atoms with Gasteiger partial charge in [0.25, 0.3) is 0 Å². The molecule has 9 heteroatoms. The quantitative estimate of drug-likeness (QED) is 0.677. The smallest absolute Gasteiger partial charge is 0.149 e. The molecule has 136 valence electrons. The van der Waals surface area contributed by atoms with E-state index in [0.29, 0.717) is 12.4 Å². The Morgan fingerprint density at radius 1 is 1.19 bits per heavy atom. The molecule has 2 heterocycles. The van der Waals surface area contributed by atoms with Crippen molar-refractivity contribution < 1.29 is 13.2 Å². The van der Waals surface area contributed by atoms with Crippen LogP contribution in [0.2, 0.25) is 0 Å². The van der Waals surface area contributed by atoms with E-state index in [9.17, 15) is 8.42 Å². The van der Waals surface area contributed by atoms with Crippen molar-refractivity contribution in [1.82, 2.24) is 19.7 Å². The SMILES string of the molecule is COc1ccc(-c2cc(Nc3cnn(CCS(C)(=O)=O)c3)ncn2)cc1. The van der Waals surface area contributed by atoms with Crippen molar-refractivity contribution in [3.8, 4) is 17.0 Å². The van der Waals surface area contributed by atoms with E-state index in [2.05, 4.69) is 20.4 Å². The average Bonchev–Trinajstić information content (AvgIpc) is 3.07. The number of sulfone groups is 1. The lowest BCUT2D eigenvalue weighted by Crippen LogP contribution is -2.11. The summed E-state index contributed by atoms with van der Waals surface area (Å²) in [5.41, 5.74) is 2.44. The molecule has 0 aliphatic heterocycles. The summed E-state index contributed by atoms with van der Waals surface area (Å²) >= 11 is 0. The van der Waals surface area contributed by atoms with E-state index in [1.165, 1.54) is 12.6 Å². The number of ether oxygens (including phenoxy) is 1. The molecule has 3 rings (SSSR count). The predicted octanol–water partition coefficient (Wildman–Crippen LogP) is 2.14. The van der Waals surface area contributed by atoms with Crippen LogP contribution in [0.3, 0.4) is 0 Å². The Bertz CT molecular complexity index is 984. The van der Waals surface area contributed by atoms with Gasteiger partial charge in [0.2, 0.25) is 0 Å². The zero-order chi connectivity index (χ0) is 18.6.